The third-order valence-corrected chi connectivity index (χ3v) is 6.96. The van der Waals surface area contributed by atoms with Crippen LogP contribution in [0, 0.1) is 19.3 Å². The predicted octanol–water partition coefficient (Wildman–Crippen LogP) is 3.83. The monoisotopic (exact) mass is 439 g/mol. The molecule has 1 saturated heterocycles. The first-order valence-corrected chi connectivity index (χ1v) is 11.7. The van der Waals surface area contributed by atoms with Crippen molar-refractivity contribution in [3.05, 3.63) is 46.8 Å². The summed E-state index contributed by atoms with van der Waals surface area (Å²) in [6.45, 7) is 5.63. The van der Waals surface area contributed by atoms with E-state index in [4.69, 9.17) is 9.26 Å². The van der Waals surface area contributed by atoms with Crippen molar-refractivity contribution < 1.29 is 18.8 Å². The van der Waals surface area contributed by atoms with Crippen LogP contribution in [-0.4, -0.2) is 48.1 Å². The average molecular weight is 440 g/mol. The number of carbonyl (C=O) groups is 2. The number of fused-ring (bicyclic) bond motifs is 1. The molecule has 1 spiro atoms. The van der Waals surface area contributed by atoms with Crippen molar-refractivity contribution in [3.8, 4) is 5.75 Å². The molecule has 1 aromatic carbocycles. The van der Waals surface area contributed by atoms with E-state index in [2.05, 4.69) is 22.6 Å². The molecular weight excluding hydrogens is 406 g/mol. The Kier molecular flexibility index (Phi) is 6.82. The molecule has 2 aliphatic rings. The third-order valence-electron chi connectivity index (χ3n) is 6.96. The highest BCUT2D eigenvalue weighted by molar-refractivity contribution is 5.96. The fourth-order valence-corrected chi connectivity index (χ4v) is 4.99. The van der Waals surface area contributed by atoms with Gasteiger partial charge in [-0.3, -0.25) is 9.59 Å². The molecule has 4 rings (SSSR count). The molecule has 0 aliphatic carbocycles. The van der Waals surface area contributed by atoms with E-state index < -0.39 is 5.41 Å². The van der Waals surface area contributed by atoms with Crippen molar-refractivity contribution in [1.29, 1.82) is 0 Å². The number of likely N-dealkylation sites (tertiary alicyclic amines) is 1. The largest absolute Gasteiger partial charge is 0.491 e. The van der Waals surface area contributed by atoms with E-state index in [1.165, 1.54) is 5.56 Å². The van der Waals surface area contributed by atoms with E-state index in [0.29, 0.717) is 56.1 Å². The summed E-state index contributed by atoms with van der Waals surface area (Å²) >= 11 is 0. The van der Waals surface area contributed by atoms with Gasteiger partial charge in [-0.1, -0.05) is 36.2 Å². The second-order valence-corrected chi connectivity index (χ2v) is 9.04. The average Bonchev–Trinajstić information content (AvgIpc) is 3.14. The molecule has 32 heavy (non-hydrogen) atoms. The molecule has 7 heteroatoms. The molecule has 3 heterocycles. The number of ether oxygens (including phenoxy) is 1. The van der Waals surface area contributed by atoms with Crippen LogP contribution in [0.5, 0.6) is 5.75 Å². The number of amides is 2. The topological polar surface area (TPSA) is 84.7 Å². The summed E-state index contributed by atoms with van der Waals surface area (Å²) in [6.07, 6.45) is 6.36. The lowest BCUT2D eigenvalue weighted by atomic mass is 9.73. The SMILES string of the molecule is Cc1noc(C)c1C(=O)N1CCC2(CCCCCc3ccccc3OCCNC2=O)CC1. The van der Waals surface area contributed by atoms with Gasteiger partial charge in [0, 0.05) is 13.1 Å². The van der Waals surface area contributed by atoms with Gasteiger partial charge in [0.1, 0.15) is 23.7 Å². The van der Waals surface area contributed by atoms with Crippen LogP contribution in [0.15, 0.2) is 28.8 Å². The van der Waals surface area contributed by atoms with Crippen LogP contribution >= 0.6 is 0 Å². The van der Waals surface area contributed by atoms with E-state index in [0.717, 1.165) is 37.9 Å². The van der Waals surface area contributed by atoms with Crippen LogP contribution in [0.2, 0.25) is 0 Å². The second-order valence-electron chi connectivity index (χ2n) is 9.04. The third kappa shape index (κ3) is 4.66. The maximum atomic E-state index is 13.3. The van der Waals surface area contributed by atoms with Gasteiger partial charge < -0.3 is 19.5 Å². The van der Waals surface area contributed by atoms with Crippen molar-refractivity contribution >= 4 is 11.8 Å². The number of para-hydroxylation sites is 1. The van der Waals surface area contributed by atoms with Crippen molar-refractivity contribution in [2.45, 2.75) is 58.8 Å². The first-order chi connectivity index (χ1) is 15.5. The van der Waals surface area contributed by atoms with Gasteiger partial charge in [-0.15, -0.1) is 0 Å². The summed E-state index contributed by atoms with van der Waals surface area (Å²) in [6, 6.07) is 8.17. The molecule has 7 nitrogen and oxygen atoms in total. The number of rotatable bonds is 1. The maximum Gasteiger partial charge on any atom is 0.259 e. The Morgan fingerprint density at radius 2 is 1.88 bits per heavy atom. The fourth-order valence-electron chi connectivity index (χ4n) is 4.99. The zero-order valence-corrected chi connectivity index (χ0v) is 19.1. The van der Waals surface area contributed by atoms with Gasteiger partial charge in [0.05, 0.1) is 17.7 Å². The van der Waals surface area contributed by atoms with Crippen LogP contribution in [0.25, 0.3) is 0 Å². The first kappa shape index (κ1) is 22.4. The zero-order chi connectivity index (χ0) is 22.6. The van der Waals surface area contributed by atoms with Gasteiger partial charge in [0.15, 0.2) is 0 Å². The maximum absolute atomic E-state index is 13.3. The normalized spacial score (nSPS) is 19.7. The van der Waals surface area contributed by atoms with Crippen molar-refractivity contribution in [1.82, 2.24) is 15.4 Å². The van der Waals surface area contributed by atoms with Crippen LogP contribution in [0.4, 0.5) is 0 Å². The Balaban J connectivity index is 1.42. The number of carbonyl (C=O) groups excluding carboxylic acids is 2. The van der Waals surface area contributed by atoms with Crippen LogP contribution in [0.3, 0.4) is 0 Å². The summed E-state index contributed by atoms with van der Waals surface area (Å²) in [5, 5.41) is 7.02. The van der Waals surface area contributed by atoms with Crippen LogP contribution < -0.4 is 10.1 Å². The summed E-state index contributed by atoms with van der Waals surface area (Å²) in [4.78, 5) is 28.1. The molecule has 1 N–H and O–H groups in total. The Labute approximate surface area is 189 Å². The van der Waals surface area contributed by atoms with Gasteiger partial charge in [0.25, 0.3) is 5.91 Å². The number of hydrogen-bond donors (Lipinski definition) is 1. The minimum absolute atomic E-state index is 0.0488. The van der Waals surface area contributed by atoms with Gasteiger partial charge in [-0.25, -0.2) is 0 Å². The number of benzene rings is 1. The number of aryl methyl sites for hydroxylation is 3. The molecule has 1 fully saturated rings. The first-order valence-electron chi connectivity index (χ1n) is 11.7. The highest BCUT2D eigenvalue weighted by Gasteiger charge is 2.42. The van der Waals surface area contributed by atoms with Crippen LogP contribution in [0.1, 0.15) is 65.9 Å². The highest BCUT2D eigenvalue weighted by Crippen LogP contribution is 2.38. The summed E-state index contributed by atoms with van der Waals surface area (Å²) < 4.78 is 11.1. The Hall–Kier alpha value is -2.83. The number of nitrogens with one attached hydrogen (secondary N) is 1. The standard InChI is InChI=1S/C25H33N3O4/c1-18-22(19(2)32-27-18)23(29)28-15-12-25(13-16-28)11-7-3-4-8-20-9-5-6-10-21(20)31-17-14-26-24(25)30/h5-6,9-10H,3-4,7-8,11-17H2,1-2H3,(H,26,30). The quantitative estimate of drug-likeness (QED) is 0.730. The lowest BCUT2D eigenvalue weighted by Gasteiger charge is -2.41. The van der Waals surface area contributed by atoms with Crippen molar-refractivity contribution in [3.63, 3.8) is 0 Å². The molecule has 172 valence electrons. The minimum atomic E-state index is -0.420. The zero-order valence-electron chi connectivity index (χ0n) is 19.1. The fraction of sp³-hybridized carbons (Fsp3) is 0.560. The van der Waals surface area contributed by atoms with Crippen LogP contribution in [-0.2, 0) is 11.2 Å². The van der Waals surface area contributed by atoms with Gasteiger partial charge in [0.2, 0.25) is 5.91 Å². The molecule has 2 aromatic rings. The van der Waals surface area contributed by atoms with E-state index in [1.807, 2.05) is 17.0 Å². The lowest BCUT2D eigenvalue weighted by Crippen LogP contribution is -2.50. The number of piperidine rings is 1. The summed E-state index contributed by atoms with van der Waals surface area (Å²) in [7, 11) is 0. The molecule has 1 aromatic heterocycles. The molecule has 0 radical (unpaired) electrons. The smallest absolute Gasteiger partial charge is 0.259 e. The lowest BCUT2D eigenvalue weighted by molar-refractivity contribution is -0.134. The van der Waals surface area contributed by atoms with E-state index in [1.54, 1.807) is 13.8 Å². The molecular formula is C25H33N3O4. The molecule has 2 aliphatic heterocycles. The minimum Gasteiger partial charge on any atom is -0.491 e. The van der Waals surface area contributed by atoms with E-state index in [9.17, 15) is 9.59 Å². The van der Waals surface area contributed by atoms with Gasteiger partial charge in [-0.2, -0.15) is 0 Å². The van der Waals surface area contributed by atoms with Crippen molar-refractivity contribution in [2.75, 3.05) is 26.2 Å². The molecule has 0 saturated carbocycles. The Morgan fingerprint density at radius 1 is 1.09 bits per heavy atom. The van der Waals surface area contributed by atoms with Crippen molar-refractivity contribution in [2.24, 2.45) is 5.41 Å². The predicted molar refractivity (Wildman–Crippen MR) is 121 cm³/mol. The number of nitrogens with zero attached hydrogens (tertiary/aromatic N) is 2. The molecule has 0 unspecified atom stereocenters. The molecule has 2 amide bonds. The van der Waals surface area contributed by atoms with E-state index in [-0.39, 0.29) is 11.8 Å². The molecule has 0 bridgehead atoms. The summed E-state index contributed by atoms with van der Waals surface area (Å²) in [5.41, 5.74) is 1.99. The molecule has 0 atom stereocenters. The van der Waals surface area contributed by atoms with Gasteiger partial charge >= 0.3 is 0 Å². The highest BCUT2D eigenvalue weighted by atomic mass is 16.5. The number of hydrogen-bond acceptors (Lipinski definition) is 5. The number of aromatic nitrogens is 1. The summed E-state index contributed by atoms with van der Waals surface area (Å²) in [5.74, 6) is 1.51. The van der Waals surface area contributed by atoms with Gasteiger partial charge in [-0.05, 0) is 57.6 Å². The van der Waals surface area contributed by atoms with E-state index >= 15 is 0 Å². The Bertz CT molecular complexity index is 940. The Morgan fingerprint density at radius 3 is 2.62 bits per heavy atom. The second kappa shape index (κ2) is 9.76.